The highest BCUT2D eigenvalue weighted by molar-refractivity contribution is 5.73. The second-order valence-electron chi connectivity index (χ2n) is 9.51. The summed E-state index contributed by atoms with van der Waals surface area (Å²) in [4.78, 5) is 9.75. The summed E-state index contributed by atoms with van der Waals surface area (Å²) in [6.45, 7) is 2.13. The Hall–Kier alpha value is -3.40. The van der Waals surface area contributed by atoms with Crippen LogP contribution in [0.4, 0.5) is 14.6 Å². The Morgan fingerprint density at radius 2 is 2.09 bits per heavy atom. The van der Waals surface area contributed by atoms with E-state index in [9.17, 15) is 9.50 Å². The third kappa shape index (κ3) is 4.38. The lowest BCUT2D eigenvalue weighted by molar-refractivity contribution is 0.0607. The van der Waals surface area contributed by atoms with E-state index >= 15 is 4.39 Å². The number of anilines is 1. The second-order valence-corrected chi connectivity index (χ2v) is 9.51. The Bertz CT molecular complexity index is 1330. The summed E-state index contributed by atoms with van der Waals surface area (Å²) >= 11 is 0. The van der Waals surface area contributed by atoms with Crippen LogP contribution in [0.5, 0.6) is 11.6 Å². The molecule has 0 unspecified atom stereocenters. The van der Waals surface area contributed by atoms with Gasteiger partial charge in [0.2, 0.25) is 5.88 Å². The molecular formula is C25H28F2N6O2. The number of nitrogens with one attached hydrogen (secondary N) is 1. The molecule has 0 radical (unpaired) electrons. The molecule has 2 N–H and O–H groups in total. The number of piperidine rings is 2. The van der Waals surface area contributed by atoms with Crippen molar-refractivity contribution in [2.24, 2.45) is 0 Å². The minimum Gasteiger partial charge on any atom is -0.507 e. The third-order valence-electron chi connectivity index (χ3n) is 7.08. The van der Waals surface area contributed by atoms with Crippen molar-refractivity contribution in [2.75, 3.05) is 19.0 Å². The lowest BCUT2D eigenvalue weighted by Gasteiger charge is -2.51. The van der Waals surface area contributed by atoms with E-state index in [1.807, 2.05) is 0 Å². The molecule has 0 saturated carbocycles. The number of aromatic hydroxyl groups is 1. The molecule has 0 aliphatic carbocycles. The van der Waals surface area contributed by atoms with E-state index in [0.29, 0.717) is 12.2 Å². The normalized spacial score (nSPS) is 27.4. The molecule has 4 atom stereocenters. The first kappa shape index (κ1) is 19.9. The predicted octanol–water partition coefficient (Wildman–Crippen LogP) is 3.90. The number of pyridine rings is 1. The molecular weight excluding hydrogens is 454 g/mol. The fourth-order valence-electron chi connectivity index (χ4n) is 5.21. The molecule has 5 rings (SSSR count). The molecule has 2 bridgehead atoms. The summed E-state index contributed by atoms with van der Waals surface area (Å²) in [5.74, 6) is -0.676. The molecule has 4 heterocycles. The summed E-state index contributed by atoms with van der Waals surface area (Å²) in [6.07, 6.45) is 4.73. The summed E-state index contributed by atoms with van der Waals surface area (Å²) < 4.78 is 56.0. The highest BCUT2D eigenvalue weighted by atomic mass is 19.1. The van der Waals surface area contributed by atoms with Gasteiger partial charge in [-0.3, -0.25) is 0 Å². The van der Waals surface area contributed by atoms with Crippen LogP contribution in [0.25, 0.3) is 22.5 Å². The second kappa shape index (κ2) is 8.99. The molecule has 8 nitrogen and oxygen atoms in total. The number of aromatic nitrogens is 4. The van der Waals surface area contributed by atoms with Crippen LogP contribution in [0.3, 0.4) is 0 Å². The lowest BCUT2D eigenvalue weighted by atomic mass is 9.74. The molecule has 2 saturated heterocycles. The Balaban J connectivity index is 1.36. The average molecular weight is 486 g/mol. The monoisotopic (exact) mass is 485 g/mol. The van der Waals surface area contributed by atoms with E-state index in [0.717, 1.165) is 31.5 Å². The molecule has 2 aliphatic heterocycles. The van der Waals surface area contributed by atoms with Gasteiger partial charge >= 0.3 is 0 Å². The van der Waals surface area contributed by atoms with E-state index in [-0.39, 0.29) is 51.8 Å². The van der Waals surface area contributed by atoms with Crippen LogP contribution in [0.15, 0.2) is 36.7 Å². The molecule has 35 heavy (non-hydrogen) atoms. The summed E-state index contributed by atoms with van der Waals surface area (Å²) in [6, 6.07) is 4.92. The molecule has 10 heteroatoms. The van der Waals surface area contributed by atoms with Gasteiger partial charge in [0.15, 0.2) is 11.6 Å². The minimum atomic E-state index is -2.74. The van der Waals surface area contributed by atoms with Gasteiger partial charge in [-0.2, -0.15) is 0 Å². The van der Waals surface area contributed by atoms with Crippen molar-refractivity contribution in [2.45, 2.75) is 56.4 Å². The molecule has 3 aromatic rings. The fraction of sp³-hybridized carbons (Fsp3) is 0.440. The lowest BCUT2D eigenvalue weighted by Crippen LogP contribution is -2.66. The number of ether oxygens (including phenoxy) is 1. The zero-order valence-corrected chi connectivity index (χ0v) is 19.4. The van der Waals surface area contributed by atoms with Crippen LogP contribution in [-0.2, 0) is 0 Å². The zero-order chi connectivity index (χ0) is 27.2. The zero-order valence-electron chi connectivity index (χ0n) is 22.4. The Kier molecular flexibility index (Phi) is 5.10. The molecule has 2 aliphatic rings. The van der Waals surface area contributed by atoms with Gasteiger partial charge in [0, 0.05) is 30.3 Å². The predicted molar refractivity (Wildman–Crippen MR) is 128 cm³/mol. The standard InChI is InChI=1S/C25H28F2N6O2/c1-25-8-4-5-18(30-25)23(27)19(11-25)33(2)21-13-29-24(32-31-21)15-7-6-14(9-20(15)34)16-10-22(35-3)28-12-17(16)26/h6-7,9-10,12-13,18-19,23,30,34H,4-5,8,11H2,1-3H3/t18-,19-,23+,25-/m0/s1/i3D3. The van der Waals surface area contributed by atoms with Gasteiger partial charge in [-0.1, -0.05) is 6.07 Å². The van der Waals surface area contributed by atoms with Crippen molar-refractivity contribution in [3.05, 3.63) is 42.5 Å². The quantitative estimate of drug-likeness (QED) is 0.562. The number of phenols is 1. The molecule has 2 aromatic heterocycles. The molecule has 0 spiro atoms. The van der Waals surface area contributed by atoms with Crippen LogP contribution >= 0.6 is 0 Å². The number of rotatable bonds is 5. The first-order valence-electron chi connectivity index (χ1n) is 13.0. The molecule has 0 amide bonds. The van der Waals surface area contributed by atoms with Crippen molar-refractivity contribution in [3.63, 3.8) is 0 Å². The van der Waals surface area contributed by atoms with Gasteiger partial charge in [0.25, 0.3) is 0 Å². The van der Waals surface area contributed by atoms with E-state index in [1.165, 1.54) is 24.4 Å². The SMILES string of the molecule is [2H]C([2H])([2H])Oc1cc(-c2ccc(-c3ncc(N(C)[C@H]4C[C@]5(C)CCC[C@H](N5)[C@H]4F)nn3)c(O)c2)c(F)cn1. The number of benzene rings is 1. The van der Waals surface area contributed by atoms with Crippen molar-refractivity contribution in [1.29, 1.82) is 0 Å². The Morgan fingerprint density at radius 3 is 2.83 bits per heavy atom. The summed E-state index contributed by atoms with van der Waals surface area (Å²) in [7, 11) is -0.957. The van der Waals surface area contributed by atoms with Gasteiger partial charge in [0.1, 0.15) is 17.7 Å². The summed E-state index contributed by atoms with van der Waals surface area (Å²) in [5.41, 5.74) is 0.409. The maximum atomic E-state index is 15.3. The number of halogens is 2. The highest BCUT2D eigenvalue weighted by Gasteiger charge is 2.47. The van der Waals surface area contributed by atoms with Crippen LogP contribution in [-0.4, -0.2) is 63.2 Å². The van der Waals surface area contributed by atoms with Gasteiger partial charge in [-0.25, -0.2) is 18.7 Å². The van der Waals surface area contributed by atoms with E-state index in [1.54, 1.807) is 11.9 Å². The maximum absolute atomic E-state index is 15.3. The first-order chi connectivity index (χ1) is 17.9. The third-order valence-corrected chi connectivity index (χ3v) is 7.08. The van der Waals surface area contributed by atoms with Gasteiger partial charge in [-0.15, -0.1) is 10.2 Å². The number of fused-ring (bicyclic) bond motifs is 2. The fourth-order valence-corrected chi connectivity index (χ4v) is 5.21. The van der Waals surface area contributed by atoms with Crippen molar-refractivity contribution in [3.8, 4) is 34.1 Å². The largest absolute Gasteiger partial charge is 0.507 e. The van der Waals surface area contributed by atoms with Crippen LogP contribution < -0.4 is 15.0 Å². The first-order valence-corrected chi connectivity index (χ1v) is 11.5. The molecule has 2 fully saturated rings. The number of hydrogen-bond donors (Lipinski definition) is 2. The van der Waals surface area contributed by atoms with Crippen LogP contribution in [0, 0.1) is 5.82 Å². The van der Waals surface area contributed by atoms with Crippen LogP contribution in [0.1, 0.15) is 36.7 Å². The van der Waals surface area contributed by atoms with Gasteiger partial charge in [-0.05, 0) is 50.3 Å². The number of alkyl halides is 1. The number of nitrogens with zero attached hydrogens (tertiary/aromatic N) is 5. The highest BCUT2D eigenvalue weighted by Crippen LogP contribution is 2.38. The van der Waals surface area contributed by atoms with Crippen LogP contribution in [0.2, 0.25) is 0 Å². The number of methoxy groups -OCH3 is 1. The smallest absolute Gasteiger partial charge is 0.213 e. The number of phenolic OH excluding ortho intramolecular Hbond substituents is 1. The van der Waals surface area contributed by atoms with E-state index in [4.69, 9.17) is 8.85 Å². The molecule has 184 valence electrons. The Labute approximate surface area is 206 Å². The summed E-state index contributed by atoms with van der Waals surface area (Å²) in [5, 5.41) is 22.5. The van der Waals surface area contributed by atoms with Gasteiger partial charge in [0.05, 0.1) is 35.1 Å². The van der Waals surface area contributed by atoms with E-state index < -0.39 is 19.0 Å². The maximum Gasteiger partial charge on any atom is 0.213 e. The van der Waals surface area contributed by atoms with Crippen molar-refractivity contribution < 1.29 is 22.7 Å². The van der Waals surface area contributed by atoms with Crippen molar-refractivity contribution >= 4 is 5.82 Å². The topological polar surface area (TPSA) is 96.3 Å². The van der Waals surface area contributed by atoms with Gasteiger partial charge < -0.3 is 20.1 Å². The minimum absolute atomic E-state index is 0.00155. The number of hydrogen-bond acceptors (Lipinski definition) is 8. The molecule has 1 aromatic carbocycles. The average Bonchev–Trinajstić information content (AvgIpc) is 2.86. The van der Waals surface area contributed by atoms with Crippen molar-refractivity contribution in [1.82, 2.24) is 25.5 Å². The van der Waals surface area contributed by atoms with E-state index in [2.05, 4.69) is 32.4 Å². The Morgan fingerprint density at radius 1 is 1.23 bits per heavy atom.